The van der Waals surface area contributed by atoms with E-state index in [2.05, 4.69) is 51.3 Å². The van der Waals surface area contributed by atoms with Gasteiger partial charge < -0.3 is 5.32 Å². The lowest BCUT2D eigenvalue weighted by Crippen LogP contribution is -2.40. The molecule has 2 aromatic rings. The molecule has 0 bridgehead atoms. The summed E-state index contributed by atoms with van der Waals surface area (Å²) in [5.41, 5.74) is 3.03. The molecule has 0 spiro atoms. The summed E-state index contributed by atoms with van der Waals surface area (Å²) in [6.45, 7) is 3.08. The van der Waals surface area contributed by atoms with Gasteiger partial charge in [-0.05, 0) is 36.8 Å². The van der Waals surface area contributed by atoms with Gasteiger partial charge in [-0.3, -0.25) is 0 Å². The summed E-state index contributed by atoms with van der Waals surface area (Å²) in [4.78, 5) is 4.61. The summed E-state index contributed by atoms with van der Waals surface area (Å²) >= 11 is 0. The lowest BCUT2D eigenvalue weighted by molar-refractivity contribution is 0.311. The van der Waals surface area contributed by atoms with Crippen molar-refractivity contribution in [2.24, 2.45) is 0 Å². The average molecular weight is 296 g/mol. The van der Waals surface area contributed by atoms with Gasteiger partial charge in [0, 0.05) is 24.9 Å². The first kappa shape index (κ1) is 13.9. The van der Waals surface area contributed by atoms with Gasteiger partial charge in [-0.15, -0.1) is 0 Å². The molecule has 116 valence electrons. The first-order valence-corrected chi connectivity index (χ1v) is 8.60. The Morgan fingerprint density at radius 1 is 1.23 bits per heavy atom. The number of rotatable bonds is 3. The fourth-order valence-electron chi connectivity index (χ4n) is 3.86. The van der Waals surface area contributed by atoms with E-state index in [0.29, 0.717) is 12.1 Å². The van der Waals surface area contributed by atoms with Gasteiger partial charge in [0.05, 0.1) is 6.54 Å². The Hall–Kier alpha value is -1.68. The lowest BCUT2D eigenvalue weighted by atomic mass is 9.87. The molecule has 0 unspecified atom stereocenters. The van der Waals surface area contributed by atoms with Crippen LogP contribution in [0.25, 0.3) is 0 Å². The molecule has 4 heteroatoms. The average Bonchev–Trinajstić information content (AvgIpc) is 2.98. The first-order valence-electron chi connectivity index (χ1n) is 8.60. The van der Waals surface area contributed by atoms with Crippen LogP contribution in [0.3, 0.4) is 0 Å². The Morgan fingerprint density at radius 3 is 3.05 bits per heavy atom. The highest BCUT2D eigenvalue weighted by Gasteiger charge is 2.26. The summed E-state index contributed by atoms with van der Waals surface area (Å²) < 4.78 is 2.12. The Bertz CT molecular complexity index is 661. The fraction of sp³-hybridized carbons (Fsp3) is 0.556. The molecule has 1 aliphatic heterocycles. The lowest BCUT2D eigenvalue weighted by Gasteiger charge is -2.32. The van der Waals surface area contributed by atoms with Crippen molar-refractivity contribution in [3.05, 3.63) is 47.0 Å². The Balaban J connectivity index is 1.49. The van der Waals surface area contributed by atoms with E-state index in [1.807, 2.05) is 0 Å². The van der Waals surface area contributed by atoms with E-state index in [4.69, 9.17) is 0 Å². The fourth-order valence-corrected chi connectivity index (χ4v) is 3.86. The van der Waals surface area contributed by atoms with Crippen molar-refractivity contribution in [3.63, 3.8) is 0 Å². The maximum Gasteiger partial charge on any atom is 0.150 e. The smallest absolute Gasteiger partial charge is 0.150 e. The van der Waals surface area contributed by atoms with Gasteiger partial charge in [0.2, 0.25) is 0 Å². The van der Waals surface area contributed by atoms with Crippen molar-refractivity contribution in [2.75, 3.05) is 0 Å². The zero-order valence-electron chi connectivity index (χ0n) is 13.3. The van der Waals surface area contributed by atoms with E-state index in [1.54, 1.807) is 0 Å². The molecule has 0 saturated heterocycles. The van der Waals surface area contributed by atoms with Gasteiger partial charge in [-0.2, -0.15) is 5.10 Å². The number of benzene rings is 1. The van der Waals surface area contributed by atoms with Crippen LogP contribution >= 0.6 is 0 Å². The van der Waals surface area contributed by atoms with Crippen molar-refractivity contribution < 1.29 is 0 Å². The van der Waals surface area contributed by atoms with Crippen molar-refractivity contribution in [3.8, 4) is 0 Å². The van der Waals surface area contributed by atoms with Crippen LogP contribution in [0.1, 0.15) is 55.0 Å². The normalized spacial score (nSPS) is 23.9. The zero-order chi connectivity index (χ0) is 14.9. The molecule has 2 aliphatic rings. The number of aryl methyl sites for hydroxylation is 3. The van der Waals surface area contributed by atoms with Crippen LogP contribution in [0.2, 0.25) is 0 Å². The Kier molecular flexibility index (Phi) is 3.70. The van der Waals surface area contributed by atoms with Crippen LogP contribution in [-0.2, 0) is 25.8 Å². The van der Waals surface area contributed by atoms with Crippen molar-refractivity contribution in [2.45, 2.75) is 64.1 Å². The summed E-state index contributed by atoms with van der Waals surface area (Å²) in [6, 6.07) is 9.93. The maximum atomic E-state index is 4.62. The monoisotopic (exact) mass is 296 g/mol. The summed E-state index contributed by atoms with van der Waals surface area (Å²) in [5.74, 6) is 2.15. The minimum absolute atomic E-state index is 0.505. The van der Waals surface area contributed by atoms with Gasteiger partial charge in [0.15, 0.2) is 5.82 Å². The third-order valence-electron chi connectivity index (χ3n) is 5.02. The molecule has 1 aliphatic carbocycles. The van der Waals surface area contributed by atoms with Crippen LogP contribution < -0.4 is 5.32 Å². The van der Waals surface area contributed by atoms with E-state index in [0.717, 1.165) is 25.2 Å². The van der Waals surface area contributed by atoms with Gasteiger partial charge >= 0.3 is 0 Å². The Labute approximate surface area is 132 Å². The van der Waals surface area contributed by atoms with Crippen LogP contribution in [0, 0.1) is 0 Å². The molecule has 2 heterocycles. The number of hydrogen-bond acceptors (Lipinski definition) is 3. The minimum atomic E-state index is 0.505. The minimum Gasteiger partial charge on any atom is -0.305 e. The quantitative estimate of drug-likeness (QED) is 0.947. The second-order valence-electron chi connectivity index (χ2n) is 6.53. The molecule has 1 N–H and O–H groups in total. The van der Waals surface area contributed by atoms with E-state index in [1.165, 1.54) is 42.6 Å². The van der Waals surface area contributed by atoms with E-state index < -0.39 is 0 Å². The van der Waals surface area contributed by atoms with E-state index >= 15 is 0 Å². The highest BCUT2D eigenvalue weighted by molar-refractivity contribution is 5.32. The molecular formula is C18H24N4. The van der Waals surface area contributed by atoms with Crippen LogP contribution in [0.15, 0.2) is 24.3 Å². The third-order valence-corrected chi connectivity index (χ3v) is 5.02. The molecule has 4 nitrogen and oxygen atoms in total. The topological polar surface area (TPSA) is 42.7 Å². The van der Waals surface area contributed by atoms with Crippen molar-refractivity contribution in [1.29, 1.82) is 0 Å². The molecule has 0 radical (unpaired) electrons. The van der Waals surface area contributed by atoms with Crippen molar-refractivity contribution >= 4 is 0 Å². The predicted octanol–water partition coefficient (Wildman–Crippen LogP) is 2.82. The number of fused-ring (bicyclic) bond motifs is 2. The van der Waals surface area contributed by atoms with Gasteiger partial charge in [0.1, 0.15) is 5.82 Å². The summed E-state index contributed by atoms with van der Waals surface area (Å²) in [5, 5.41) is 8.52. The van der Waals surface area contributed by atoms with Gasteiger partial charge in [0.25, 0.3) is 0 Å². The highest BCUT2D eigenvalue weighted by atomic mass is 15.4. The largest absolute Gasteiger partial charge is 0.305 e. The molecule has 4 rings (SSSR count). The third kappa shape index (κ3) is 2.56. The van der Waals surface area contributed by atoms with Crippen LogP contribution in [0.5, 0.6) is 0 Å². The van der Waals surface area contributed by atoms with E-state index in [-0.39, 0.29) is 0 Å². The molecule has 2 atom stereocenters. The number of nitrogens with one attached hydrogen (secondary N) is 1. The van der Waals surface area contributed by atoms with Gasteiger partial charge in [-0.1, -0.05) is 31.2 Å². The molecule has 1 aromatic carbocycles. The van der Waals surface area contributed by atoms with Crippen molar-refractivity contribution in [1.82, 2.24) is 20.1 Å². The maximum absolute atomic E-state index is 4.62. The SMILES string of the molecule is CCc1nc2n(n1)C[C@H](N[C@H]1CCCc3ccccc31)CC2. The molecular weight excluding hydrogens is 272 g/mol. The molecule has 0 saturated carbocycles. The van der Waals surface area contributed by atoms with Crippen LogP contribution in [-0.4, -0.2) is 20.8 Å². The predicted molar refractivity (Wildman–Crippen MR) is 86.8 cm³/mol. The summed E-state index contributed by atoms with van der Waals surface area (Å²) in [7, 11) is 0. The van der Waals surface area contributed by atoms with Gasteiger partial charge in [-0.25, -0.2) is 9.67 Å². The van der Waals surface area contributed by atoms with Crippen LogP contribution in [0.4, 0.5) is 0 Å². The molecule has 0 fully saturated rings. The zero-order valence-corrected chi connectivity index (χ0v) is 13.3. The highest BCUT2D eigenvalue weighted by Crippen LogP contribution is 2.30. The number of nitrogens with zero attached hydrogens (tertiary/aromatic N) is 3. The molecule has 1 aromatic heterocycles. The Morgan fingerprint density at radius 2 is 2.14 bits per heavy atom. The number of aromatic nitrogens is 3. The molecule has 22 heavy (non-hydrogen) atoms. The summed E-state index contributed by atoms with van der Waals surface area (Å²) in [6.07, 6.45) is 6.90. The molecule has 0 amide bonds. The second-order valence-corrected chi connectivity index (χ2v) is 6.53. The first-order chi connectivity index (χ1) is 10.8. The van der Waals surface area contributed by atoms with E-state index in [9.17, 15) is 0 Å². The number of hydrogen-bond donors (Lipinski definition) is 1. The standard InChI is InChI=1S/C18H24N4/c1-2-17-20-18-11-10-14(12-22(18)21-17)19-16-9-5-7-13-6-3-4-8-15(13)16/h3-4,6,8,14,16,19H,2,5,7,9-12H2,1H3/t14-,16+/m1/s1. The second kappa shape index (κ2) is 5.84.